The number of nitro benzene ring substituents is 1. The molecule has 14 heavy (non-hydrogen) atoms. The van der Waals surface area contributed by atoms with Gasteiger partial charge in [-0.3, -0.25) is 10.1 Å². The highest BCUT2D eigenvalue weighted by Gasteiger charge is 2.21. The van der Waals surface area contributed by atoms with Crippen LogP contribution in [0, 0.1) is 10.1 Å². The first kappa shape index (κ1) is 10.5. The number of nitro groups is 1. The number of anilines is 1. The van der Waals surface area contributed by atoms with Crippen molar-refractivity contribution in [3.05, 3.63) is 34.4 Å². The Morgan fingerprint density at radius 1 is 1.50 bits per heavy atom. The highest BCUT2D eigenvalue weighted by molar-refractivity contribution is 9.10. The first-order valence-electron chi connectivity index (χ1n) is 3.46. The van der Waals surface area contributed by atoms with E-state index in [2.05, 4.69) is 16.1 Å². The second kappa shape index (κ2) is 4.05. The monoisotopic (exact) mass is 260 g/mol. The third-order valence-corrected chi connectivity index (χ3v) is 2.14. The summed E-state index contributed by atoms with van der Waals surface area (Å²) in [6.07, 6.45) is -1.32. The lowest BCUT2D eigenvalue weighted by Crippen LogP contribution is -2.17. The number of carboxylic acid groups (broad SMARTS) is 1. The van der Waals surface area contributed by atoms with Gasteiger partial charge in [0.25, 0.3) is 5.69 Å². The van der Waals surface area contributed by atoms with Crippen molar-refractivity contribution in [3.8, 4) is 0 Å². The molecular formula is C7H5BrN2O4. The molecule has 0 saturated heterocycles. The van der Waals surface area contributed by atoms with Gasteiger partial charge >= 0.3 is 6.09 Å². The van der Waals surface area contributed by atoms with Gasteiger partial charge in [-0.2, -0.15) is 0 Å². The fourth-order valence-corrected chi connectivity index (χ4v) is 1.19. The van der Waals surface area contributed by atoms with Gasteiger partial charge in [0.05, 0.1) is 21.1 Å². The average molecular weight is 261 g/mol. The number of hydrogen-bond donors (Lipinski definition) is 1. The van der Waals surface area contributed by atoms with Crippen molar-refractivity contribution >= 4 is 33.6 Å². The Balaban J connectivity index is 3.19. The predicted octanol–water partition coefficient (Wildman–Crippen LogP) is 2.39. The Hall–Kier alpha value is -1.63. The molecular weight excluding hydrogens is 256 g/mol. The molecule has 0 radical (unpaired) electrons. The maximum absolute atomic E-state index is 10.5. The fraction of sp³-hybridized carbons (Fsp3) is 0. The smallest absolute Gasteiger partial charge is 0.422 e. The van der Waals surface area contributed by atoms with Crippen LogP contribution in [0.3, 0.4) is 0 Å². The van der Waals surface area contributed by atoms with Gasteiger partial charge < -0.3 is 5.11 Å². The molecule has 1 aromatic carbocycles. The second-order valence-electron chi connectivity index (χ2n) is 2.31. The zero-order valence-electron chi connectivity index (χ0n) is 6.75. The highest BCUT2D eigenvalue weighted by Crippen LogP contribution is 2.29. The number of para-hydroxylation sites is 2. The van der Waals surface area contributed by atoms with E-state index in [1.54, 1.807) is 0 Å². The maximum Gasteiger partial charge on any atom is 0.422 e. The average Bonchev–Trinajstić information content (AvgIpc) is 2.16. The molecule has 0 aromatic heterocycles. The number of nitrogens with zero attached hydrogens (tertiary/aromatic N) is 2. The minimum atomic E-state index is -1.32. The van der Waals surface area contributed by atoms with Crippen LogP contribution >= 0.6 is 16.1 Å². The van der Waals surface area contributed by atoms with Gasteiger partial charge in [-0.1, -0.05) is 12.1 Å². The number of hydrogen-bond acceptors (Lipinski definition) is 3. The molecule has 0 heterocycles. The SMILES string of the molecule is O=C(O)N(Br)c1ccccc1[N+](=O)[O-]. The summed E-state index contributed by atoms with van der Waals surface area (Å²) in [6, 6.07) is 5.54. The molecule has 1 aromatic rings. The zero-order chi connectivity index (χ0) is 10.7. The third-order valence-electron chi connectivity index (χ3n) is 1.46. The standard InChI is InChI=1S/C7H5BrN2O4/c8-9(7(11)12)5-3-1-2-4-6(5)10(13)14/h1-4H,(H,11,12). The Kier molecular flexibility index (Phi) is 3.03. The molecule has 1 amide bonds. The normalized spacial score (nSPS) is 9.50. The van der Waals surface area contributed by atoms with Crippen molar-refractivity contribution in [2.75, 3.05) is 3.93 Å². The highest BCUT2D eigenvalue weighted by atomic mass is 79.9. The van der Waals surface area contributed by atoms with Gasteiger partial charge in [-0.05, 0) is 6.07 Å². The number of halogens is 1. The number of benzene rings is 1. The number of rotatable bonds is 2. The molecule has 0 fully saturated rings. The lowest BCUT2D eigenvalue weighted by molar-refractivity contribution is -0.384. The van der Waals surface area contributed by atoms with Gasteiger partial charge in [-0.25, -0.2) is 8.72 Å². The lowest BCUT2D eigenvalue weighted by atomic mass is 10.3. The first-order valence-corrected chi connectivity index (χ1v) is 4.17. The van der Waals surface area contributed by atoms with Crippen LogP contribution in [0.4, 0.5) is 16.2 Å². The first-order chi connectivity index (χ1) is 6.54. The topological polar surface area (TPSA) is 83.7 Å². The number of carbonyl (C=O) groups is 1. The molecule has 1 rings (SSSR count). The minimum Gasteiger partial charge on any atom is -0.464 e. The summed E-state index contributed by atoms with van der Waals surface area (Å²) < 4.78 is 0.616. The number of amides is 1. The van der Waals surface area contributed by atoms with Crippen molar-refractivity contribution in [1.29, 1.82) is 0 Å². The van der Waals surface area contributed by atoms with Gasteiger partial charge in [0.2, 0.25) is 0 Å². The van der Waals surface area contributed by atoms with Crippen LogP contribution in [0.2, 0.25) is 0 Å². The molecule has 0 unspecified atom stereocenters. The van der Waals surface area contributed by atoms with Crippen molar-refractivity contribution in [1.82, 2.24) is 0 Å². The van der Waals surface area contributed by atoms with Crippen molar-refractivity contribution in [2.24, 2.45) is 0 Å². The summed E-state index contributed by atoms with van der Waals surface area (Å²) in [5.41, 5.74) is -0.295. The van der Waals surface area contributed by atoms with E-state index in [0.717, 1.165) is 0 Å². The van der Waals surface area contributed by atoms with Gasteiger partial charge in [0, 0.05) is 6.07 Å². The Bertz CT molecular complexity index is 382. The van der Waals surface area contributed by atoms with Gasteiger partial charge in [0.15, 0.2) is 0 Å². The molecule has 0 atom stereocenters. The largest absolute Gasteiger partial charge is 0.464 e. The summed E-state index contributed by atoms with van der Waals surface area (Å²) in [4.78, 5) is 20.4. The van der Waals surface area contributed by atoms with Crippen molar-refractivity contribution < 1.29 is 14.8 Å². The Morgan fingerprint density at radius 3 is 2.57 bits per heavy atom. The molecule has 0 aliphatic rings. The van der Waals surface area contributed by atoms with Crippen LogP contribution in [0.15, 0.2) is 24.3 Å². The van der Waals surface area contributed by atoms with Crippen molar-refractivity contribution in [3.63, 3.8) is 0 Å². The van der Waals surface area contributed by atoms with E-state index in [1.165, 1.54) is 24.3 Å². The molecule has 74 valence electrons. The predicted molar refractivity (Wildman–Crippen MR) is 52.5 cm³/mol. The molecule has 7 heteroatoms. The summed E-state index contributed by atoms with van der Waals surface area (Å²) >= 11 is 2.70. The van der Waals surface area contributed by atoms with Crippen LogP contribution in [0.5, 0.6) is 0 Å². The third kappa shape index (κ3) is 1.99. The van der Waals surface area contributed by atoms with Crippen LogP contribution < -0.4 is 3.93 Å². The van der Waals surface area contributed by atoms with Crippen LogP contribution in [-0.4, -0.2) is 16.1 Å². The Morgan fingerprint density at radius 2 is 2.07 bits per heavy atom. The van der Waals surface area contributed by atoms with E-state index in [1.807, 2.05) is 0 Å². The van der Waals surface area contributed by atoms with E-state index in [9.17, 15) is 14.9 Å². The second-order valence-corrected chi connectivity index (χ2v) is 3.02. The van der Waals surface area contributed by atoms with E-state index in [0.29, 0.717) is 3.93 Å². The van der Waals surface area contributed by atoms with E-state index in [-0.39, 0.29) is 11.4 Å². The van der Waals surface area contributed by atoms with Crippen LogP contribution in [0.25, 0.3) is 0 Å². The molecule has 0 spiro atoms. The molecule has 6 nitrogen and oxygen atoms in total. The van der Waals surface area contributed by atoms with Gasteiger partial charge in [0.1, 0.15) is 5.69 Å². The van der Waals surface area contributed by atoms with Gasteiger partial charge in [-0.15, -0.1) is 0 Å². The summed E-state index contributed by atoms with van der Waals surface area (Å²) in [5.74, 6) is 0. The molecule has 0 saturated carbocycles. The summed E-state index contributed by atoms with van der Waals surface area (Å²) in [7, 11) is 0. The summed E-state index contributed by atoms with van der Waals surface area (Å²) in [6.45, 7) is 0. The van der Waals surface area contributed by atoms with E-state index < -0.39 is 11.0 Å². The minimum absolute atomic E-state index is 0.0231. The Labute approximate surface area is 87.2 Å². The zero-order valence-corrected chi connectivity index (χ0v) is 8.34. The quantitative estimate of drug-likeness (QED) is 0.503. The molecule has 0 bridgehead atoms. The lowest BCUT2D eigenvalue weighted by Gasteiger charge is -2.09. The van der Waals surface area contributed by atoms with Crippen LogP contribution in [0.1, 0.15) is 0 Å². The maximum atomic E-state index is 10.5. The van der Waals surface area contributed by atoms with E-state index >= 15 is 0 Å². The van der Waals surface area contributed by atoms with Crippen molar-refractivity contribution in [2.45, 2.75) is 0 Å². The van der Waals surface area contributed by atoms with E-state index in [4.69, 9.17) is 5.11 Å². The van der Waals surface area contributed by atoms with Crippen LogP contribution in [-0.2, 0) is 0 Å². The molecule has 0 aliphatic heterocycles. The summed E-state index contributed by atoms with van der Waals surface area (Å²) in [5, 5.41) is 19.1. The fourth-order valence-electron chi connectivity index (χ4n) is 0.888. The molecule has 1 N–H and O–H groups in total. The molecule has 0 aliphatic carbocycles.